The first-order valence-corrected chi connectivity index (χ1v) is 17.1. The SMILES string of the molecule is Cc1cc(C)c(S(=O)(=O)NC(CNC(=O)c2cn(CCc3ccccc3)c3c(F)c(CNc4ncc(C)[nH]4)c(F)cc3c2=O)C(=O)O)c(C)c1. The van der Waals surface area contributed by atoms with E-state index < -0.39 is 62.5 Å². The summed E-state index contributed by atoms with van der Waals surface area (Å²) in [5, 5.41) is 14.6. The zero-order valence-electron chi connectivity index (χ0n) is 27.7. The molecule has 1 unspecified atom stereocenters. The molecule has 0 fully saturated rings. The molecule has 1 atom stereocenters. The molecular formula is C35H36F2N6O6S. The lowest BCUT2D eigenvalue weighted by atomic mass is 10.0. The summed E-state index contributed by atoms with van der Waals surface area (Å²) in [7, 11) is -4.35. The van der Waals surface area contributed by atoms with Crippen LogP contribution in [-0.4, -0.2) is 52.5 Å². The van der Waals surface area contributed by atoms with Gasteiger partial charge in [0.2, 0.25) is 21.4 Å². The number of fused-ring (bicyclic) bond motifs is 1. The molecule has 0 radical (unpaired) electrons. The van der Waals surface area contributed by atoms with Crippen LogP contribution < -0.4 is 20.8 Å². The van der Waals surface area contributed by atoms with Gasteiger partial charge >= 0.3 is 5.97 Å². The molecule has 0 aliphatic carbocycles. The third kappa shape index (κ3) is 7.74. The molecule has 5 aromatic rings. The van der Waals surface area contributed by atoms with Crippen LogP contribution in [0.3, 0.4) is 0 Å². The second kappa shape index (κ2) is 14.6. The number of halogens is 2. The summed E-state index contributed by atoms with van der Waals surface area (Å²) in [6.07, 6.45) is 3.04. The predicted octanol–water partition coefficient (Wildman–Crippen LogP) is 4.25. The standard InChI is InChI=1S/C35H36F2N6O6S/c1-19-12-20(2)32(21(3)13-19)50(48,49)42-28(34(46)47)17-38-33(45)26-18-43(11-10-23-8-6-5-7-9-23)30-24(31(26)44)14-27(36)25(29(30)37)16-40-35-39-15-22(4)41-35/h5-9,12-15,18,28,42H,10-11,16-17H2,1-4H3,(H,38,45)(H,46,47)(H2,39,40,41). The maximum absolute atomic E-state index is 16.2. The molecule has 50 heavy (non-hydrogen) atoms. The van der Waals surface area contributed by atoms with Gasteiger partial charge in [0.05, 0.1) is 15.8 Å². The highest BCUT2D eigenvalue weighted by atomic mass is 32.2. The molecule has 0 aliphatic rings. The molecular weight excluding hydrogens is 670 g/mol. The van der Waals surface area contributed by atoms with E-state index >= 15 is 8.78 Å². The Hall–Kier alpha value is -5.41. The number of rotatable bonds is 13. The summed E-state index contributed by atoms with van der Waals surface area (Å²) in [4.78, 5) is 46.1. The van der Waals surface area contributed by atoms with E-state index in [0.717, 1.165) is 29.1 Å². The number of amides is 1. The van der Waals surface area contributed by atoms with Gasteiger partial charge in [-0.1, -0.05) is 48.0 Å². The van der Waals surface area contributed by atoms with E-state index in [1.165, 1.54) is 4.57 Å². The number of imidazole rings is 1. The highest BCUT2D eigenvalue weighted by Gasteiger charge is 2.29. The second-order valence-corrected chi connectivity index (χ2v) is 13.7. The van der Waals surface area contributed by atoms with Gasteiger partial charge in [-0.25, -0.2) is 22.2 Å². The van der Waals surface area contributed by atoms with Gasteiger partial charge in [-0.15, -0.1) is 0 Å². The number of anilines is 1. The number of pyridine rings is 1. The van der Waals surface area contributed by atoms with Crippen LogP contribution in [0, 0.1) is 39.3 Å². The van der Waals surface area contributed by atoms with E-state index in [9.17, 15) is 27.9 Å². The van der Waals surface area contributed by atoms with Crippen molar-refractivity contribution in [2.75, 3.05) is 11.9 Å². The van der Waals surface area contributed by atoms with Crippen LogP contribution >= 0.6 is 0 Å². The van der Waals surface area contributed by atoms with E-state index in [4.69, 9.17) is 0 Å². The summed E-state index contributed by atoms with van der Waals surface area (Å²) in [6, 6.07) is 11.5. The molecule has 0 saturated heterocycles. The van der Waals surface area contributed by atoms with E-state index in [1.807, 2.05) is 30.3 Å². The van der Waals surface area contributed by atoms with Gasteiger partial charge < -0.3 is 25.3 Å². The Balaban J connectivity index is 1.47. The molecule has 0 saturated carbocycles. The number of aliphatic carboxylic acids is 1. The molecule has 1 amide bonds. The number of aromatic nitrogens is 3. The predicted molar refractivity (Wildman–Crippen MR) is 184 cm³/mol. The quantitative estimate of drug-likeness (QED) is 0.121. The van der Waals surface area contributed by atoms with Gasteiger partial charge in [0, 0.05) is 43.3 Å². The first-order chi connectivity index (χ1) is 23.7. The van der Waals surface area contributed by atoms with Gasteiger partial charge in [0.15, 0.2) is 5.82 Å². The zero-order chi connectivity index (χ0) is 36.3. The Morgan fingerprint density at radius 1 is 1.04 bits per heavy atom. The van der Waals surface area contributed by atoms with E-state index in [-0.39, 0.29) is 29.1 Å². The van der Waals surface area contributed by atoms with E-state index in [0.29, 0.717) is 23.5 Å². The van der Waals surface area contributed by atoms with Gasteiger partial charge in [0.25, 0.3) is 5.91 Å². The van der Waals surface area contributed by atoms with Crippen LogP contribution in [0.25, 0.3) is 10.9 Å². The van der Waals surface area contributed by atoms with Crippen molar-refractivity contribution in [1.82, 2.24) is 24.6 Å². The van der Waals surface area contributed by atoms with Gasteiger partial charge in [-0.2, -0.15) is 4.72 Å². The van der Waals surface area contributed by atoms with Crippen LogP contribution in [0.15, 0.2) is 70.6 Å². The fraction of sp³-hybridized carbons (Fsp3) is 0.257. The lowest BCUT2D eigenvalue weighted by molar-refractivity contribution is -0.138. The van der Waals surface area contributed by atoms with Crippen LogP contribution in [0.1, 0.15) is 43.9 Å². The number of hydrogen-bond acceptors (Lipinski definition) is 7. The number of hydrogen-bond donors (Lipinski definition) is 5. The molecule has 12 nitrogen and oxygen atoms in total. The third-order valence-corrected chi connectivity index (χ3v) is 9.92. The highest BCUT2D eigenvalue weighted by molar-refractivity contribution is 7.89. The van der Waals surface area contributed by atoms with Crippen LogP contribution in [-0.2, 0) is 34.3 Å². The minimum Gasteiger partial charge on any atom is -0.480 e. The average Bonchev–Trinajstić information content (AvgIpc) is 3.46. The summed E-state index contributed by atoms with van der Waals surface area (Å²) >= 11 is 0. The minimum atomic E-state index is -4.35. The number of H-pyrrole nitrogens is 1. The number of nitrogens with zero attached hydrogens (tertiary/aromatic N) is 2. The lowest BCUT2D eigenvalue weighted by Gasteiger charge is -2.19. The minimum absolute atomic E-state index is 0.0840. The Bertz CT molecular complexity index is 2250. The summed E-state index contributed by atoms with van der Waals surface area (Å²) in [6.45, 7) is 5.77. The molecule has 0 spiro atoms. The Kier molecular flexibility index (Phi) is 10.5. The number of aromatic amines is 1. The monoisotopic (exact) mass is 706 g/mol. The molecule has 262 valence electrons. The van der Waals surface area contributed by atoms with Crippen LogP contribution in [0.4, 0.5) is 14.7 Å². The van der Waals surface area contributed by atoms with Crippen LogP contribution in [0.5, 0.6) is 0 Å². The third-order valence-electron chi connectivity index (χ3n) is 8.15. The van der Waals surface area contributed by atoms with Gasteiger partial charge in [-0.05, 0) is 56.9 Å². The molecule has 15 heteroatoms. The van der Waals surface area contributed by atoms with Crippen molar-refractivity contribution < 1.29 is 31.9 Å². The fourth-order valence-corrected chi connectivity index (χ4v) is 7.54. The smallest absolute Gasteiger partial charge is 0.323 e. The molecule has 0 aliphatic heterocycles. The molecule has 2 heterocycles. The summed E-state index contributed by atoms with van der Waals surface area (Å²) in [5.74, 6) is -4.38. The van der Waals surface area contributed by atoms with Crippen LogP contribution in [0.2, 0.25) is 0 Å². The van der Waals surface area contributed by atoms with E-state index in [1.54, 1.807) is 46.0 Å². The summed E-state index contributed by atoms with van der Waals surface area (Å²) < 4.78 is 61.5. The zero-order valence-corrected chi connectivity index (χ0v) is 28.5. The Morgan fingerprint density at radius 2 is 1.72 bits per heavy atom. The maximum Gasteiger partial charge on any atom is 0.323 e. The topological polar surface area (TPSA) is 175 Å². The number of sulfonamides is 1. The van der Waals surface area contributed by atoms with Crippen molar-refractivity contribution in [2.24, 2.45) is 0 Å². The molecule has 5 N–H and O–H groups in total. The number of carboxylic acid groups (broad SMARTS) is 1. The van der Waals surface area contributed by atoms with Gasteiger partial charge in [-0.3, -0.25) is 14.4 Å². The van der Waals surface area contributed by atoms with Crippen molar-refractivity contribution >= 4 is 38.8 Å². The molecule has 0 bridgehead atoms. The number of nitrogens with one attached hydrogen (secondary N) is 4. The Labute approximate surface area is 286 Å². The number of benzene rings is 3. The van der Waals surface area contributed by atoms with Gasteiger partial charge in [0.1, 0.15) is 17.4 Å². The molecule has 2 aromatic heterocycles. The first kappa shape index (κ1) is 35.9. The molecule has 5 rings (SSSR count). The first-order valence-electron chi connectivity index (χ1n) is 15.6. The molecule has 3 aromatic carbocycles. The maximum atomic E-state index is 16.2. The largest absolute Gasteiger partial charge is 0.480 e. The van der Waals surface area contributed by atoms with Crippen molar-refractivity contribution in [2.45, 2.75) is 58.1 Å². The average molecular weight is 707 g/mol. The van der Waals surface area contributed by atoms with Crippen molar-refractivity contribution in [3.63, 3.8) is 0 Å². The Morgan fingerprint density at radius 3 is 2.34 bits per heavy atom. The van der Waals surface area contributed by atoms with Crippen molar-refractivity contribution in [1.29, 1.82) is 0 Å². The normalized spacial score (nSPS) is 12.2. The lowest BCUT2D eigenvalue weighted by Crippen LogP contribution is -2.49. The highest BCUT2D eigenvalue weighted by Crippen LogP contribution is 2.25. The fourth-order valence-electron chi connectivity index (χ4n) is 5.90. The number of carbonyl (C=O) groups is 2. The second-order valence-electron chi connectivity index (χ2n) is 12.1. The van der Waals surface area contributed by atoms with E-state index in [2.05, 4.69) is 25.3 Å². The van der Waals surface area contributed by atoms with Crippen molar-refractivity contribution in [3.8, 4) is 0 Å². The number of carbonyl (C=O) groups excluding carboxylic acids is 1. The number of aryl methyl sites for hydroxylation is 6. The van der Waals surface area contributed by atoms with Crippen molar-refractivity contribution in [3.05, 3.63) is 122 Å². The summed E-state index contributed by atoms with van der Waals surface area (Å²) in [5.41, 5.74) is 1.15. The number of carboxylic acids is 1.